The van der Waals surface area contributed by atoms with Gasteiger partial charge in [-0.25, -0.2) is 4.68 Å². The maximum atomic E-state index is 10.4. The third-order valence-electron chi connectivity index (χ3n) is 6.83. The molecule has 194 valence electrons. The van der Waals surface area contributed by atoms with Gasteiger partial charge in [-0.3, -0.25) is 0 Å². The molecule has 6 rings (SSSR count). The first-order valence-corrected chi connectivity index (χ1v) is 11.9. The van der Waals surface area contributed by atoms with Gasteiger partial charge in [-0.15, -0.1) is 0 Å². The van der Waals surface area contributed by atoms with Crippen molar-refractivity contribution in [3.63, 3.8) is 0 Å². The van der Waals surface area contributed by atoms with E-state index in [1.165, 1.54) is 6.33 Å². The first kappa shape index (κ1) is 23.5. The molecule has 0 aliphatic carbocycles. The number of rotatable bonds is 6. The van der Waals surface area contributed by atoms with Crippen molar-refractivity contribution in [2.75, 3.05) is 33.8 Å². The molecule has 0 spiro atoms. The summed E-state index contributed by atoms with van der Waals surface area (Å²) in [7, 11) is 6.40. The number of anilines is 1. The lowest BCUT2D eigenvalue weighted by Gasteiger charge is -2.39. The number of hydrogen-bond donors (Lipinski definition) is 2. The van der Waals surface area contributed by atoms with Crippen LogP contribution in [0.3, 0.4) is 0 Å². The molecule has 2 aliphatic heterocycles. The molecular formula is C28H26N4O6. The predicted octanol–water partition coefficient (Wildman–Crippen LogP) is 4.58. The summed E-state index contributed by atoms with van der Waals surface area (Å²) in [6.45, 7) is 0. The predicted molar refractivity (Wildman–Crippen MR) is 139 cm³/mol. The van der Waals surface area contributed by atoms with Crippen molar-refractivity contribution in [2.24, 2.45) is 0 Å². The molecule has 38 heavy (non-hydrogen) atoms. The summed E-state index contributed by atoms with van der Waals surface area (Å²) >= 11 is 0. The van der Waals surface area contributed by atoms with Gasteiger partial charge in [0.25, 0.3) is 0 Å². The van der Waals surface area contributed by atoms with Gasteiger partial charge in [0.15, 0.2) is 23.0 Å². The van der Waals surface area contributed by atoms with E-state index < -0.39 is 12.1 Å². The first-order chi connectivity index (χ1) is 18.6. The Morgan fingerprint density at radius 1 is 0.816 bits per heavy atom. The Morgan fingerprint density at radius 3 is 2.16 bits per heavy atom. The minimum Gasteiger partial charge on any atom is -0.508 e. The zero-order valence-corrected chi connectivity index (χ0v) is 21.3. The topological polar surface area (TPSA) is 109 Å². The lowest BCUT2D eigenvalue weighted by atomic mass is 9.84. The van der Waals surface area contributed by atoms with E-state index in [2.05, 4.69) is 15.4 Å². The van der Waals surface area contributed by atoms with Crippen LogP contribution in [0.4, 0.5) is 5.95 Å². The molecule has 3 aromatic carbocycles. The highest BCUT2D eigenvalue weighted by Gasteiger charge is 2.41. The van der Waals surface area contributed by atoms with Crippen molar-refractivity contribution < 1.29 is 28.8 Å². The summed E-state index contributed by atoms with van der Waals surface area (Å²) in [5, 5.41) is 18.3. The minimum absolute atomic E-state index is 0.125. The fraction of sp³-hybridized carbons (Fsp3) is 0.214. The molecule has 0 saturated carbocycles. The van der Waals surface area contributed by atoms with E-state index in [4.69, 9.17) is 23.7 Å². The average Bonchev–Trinajstić information content (AvgIpc) is 3.43. The summed E-state index contributed by atoms with van der Waals surface area (Å²) in [4.78, 5) is 4.45. The van der Waals surface area contributed by atoms with Crippen molar-refractivity contribution in [2.45, 2.75) is 12.1 Å². The summed E-state index contributed by atoms with van der Waals surface area (Å²) in [5.74, 6) is 3.71. The van der Waals surface area contributed by atoms with Crippen molar-refractivity contribution in [1.29, 1.82) is 0 Å². The molecule has 0 amide bonds. The van der Waals surface area contributed by atoms with E-state index in [1.54, 1.807) is 46.6 Å². The zero-order chi connectivity index (χ0) is 26.4. The van der Waals surface area contributed by atoms with Crippen LogP contribution in [0, 0.1) is 0 Å². The van der Waals surface area contributed by atoms with Gasteiger partial charge in [0.05, 0.1) is 34.1 Å². The number of hydrogen-bond acceptors (Lipinski definition) is 9. The quantitative estimate of drug-likeness (QED) is 0.382. The normalized spacial score (nSPS) is 17.4. The molecule has 10 heteroatoms. The van der Waals surface area contributed by atoms with Crippen LogP contribution in [-0.2, 0) is 0 Å². The Balaban J connectivity index is 1.61. The van der Waals surface area contributed by atoms with Crippen molar-refractivity contribution in [1.82, 2.24) is 14.8 Å². The molecule has 0 fully saturated rings. The Hall–Kier alpha value is -4.86. The van der Waals surface area contributed by atoms with Crippen LogP contribution in [-0.4, -0.2) is 48.3 Å². The van der Waals surface area contributed by atoms with E-state index in [0.29, 0.717) is 34.7 Å². The summed E-state index contributed by atoms with van der Waals surface area (Å²) in [6, 6.07) is 16.1. The van der Waals surface area contributed by atoms with Gasteiger partial charge in [0, 0.05) is 16.7 Å². The van der Waals surface area contributed by atoms with E-state index in [1.807, 2.05) is 41.1 Å². The Bertz CT molecular complexity index is 1560. The number of methoxy groups -OCH3 is 4. The number of benzene rings is 3. The largest absolute Gasteiger partial charge is 0.508 e. The lowest BCUT2D eigenvalue weighted by molar-refractivity contribution is 0.222. The minimum atomic E-state index is -0.537. The van der Waals surface area contributed by atoms with Gasteiger partial charge in [-0.2, -0.15) is 10.1 Å². The van der Waals surface area contributed by atoms with Crippen LogP contribution in [0.15, 0.2) is 66.5 Å². The van der Waals surface area contributed by atoms with Crippen molar-refractivity contribution in [3.8, 4) is 34.5 Å². The third-order valence-corrected chi connectivity index (χ3v) is 6.83. The van der Waals surface area contributed by atoms with E-state index in [0.717, 1.165) is 28.0 Å². The molecule has 4 aromatic rings. The molecule has 0 saturated heterocycles. The molecule has 10 nitrogen and oxygen atoms in total. The summed E-state index contributed by atoms with van der Waals surface area (Å²) in [6.07, 6.45) is 0.967. The first-order valence-electron chi connectivity index (χ1n) is 11.9. The highest BCUT2D eigenvalue weighted by molar-refractivity contribution is 5.85. The average molecular weight is 515 g/mol. The number of aromatic nitrogens is 3. The monoisotopic (exact) mass is 514 g/mol. The SMILES string of the molecule is COc1ccc([C@H]2Oc3ccc(O)cc3C3=C2[C@@H](c2ccc(OC)c(OC)c2)n2ncnc2N3)cc1OC. The maximum Gasteiger partial charge on any atom is 0.226 e. The molecule has 3 heterocycles. The second kappa shape index (κ2) is 9.22. The molecule has 0 radical (unpaired) electrons. The van der Waals surface area contributed by atoms with Gasteiger partial charge in [0.2, 0.25) is 5.95 Å². The van der Waals surface area contributed by atoms with E-state index >= 15 is 0 Å². The number of ether oxygens (including phenoxy) is 5. The molecule has 2 N–H and O–H groups in total. The molecular weight excluding hydrogens is 488 g/mol. The number of phenolic OH excluding ortho intramolecular Hbond substituents is 1. The molecule has 2 atom stereocenters. The molecule has 1 aromatic heterocycles. The van der Waals surface area contributed by atoms with Gasteiger partial charge in [-0.1, -0.05) is 12.1 Å². The van der Waals surface area contributed by atoms with Gasteiger partial charge in [-0.05, 0) is 48.0 Å². The van der Waals surface area contributed by atoms with Crippen LogP contribution < -0.4 is 29.0 Å². The fourth-order valence-corrected chi connectivity index (χ4v) is 5.09. The number of nitrogens with zero attached hydrogens (tertiary/aromatic N) is 3. The summed E-state index contributed by atoms with van der Waals surface area (Å²) < 4.78 is 30.6. The van der Waals surface area contributed by atoms with E-state index in [9.17, 15) is 5.11 Å². The smallest absolute Gasteiger partial charge is 0.226 e. The number of phenols is 1. The molecule has 0 bridgehead atoms. The van der Waals surface area contributed by atoms with E-state index in [-0.39, 0.29) is 5.75 Å². The van der Waals surface area contributed by atoms with Crippen LogP contribution in [0.25, 0.3) is 5.70 Å². The highest BCUT2D eigenvalue weighted by atomic mass is 16.5. The maximum absolute atomic E-state index is 10.4. The fourth-order valence-electron chi connectivity index (χ4n) is 5.09. The lowest BCUT2D eigenvalue weighted by Crippen LogP contribution is -2.32. The summed E-state index contributed by atoms with van der Waals surface area (Å²) in [5.41, 5.74) is 4.12. The third kappa shape index (κ3) is 3.64. The second-order valence-electron chi connectivity index (χ2n) is 8.79. The van der Waals surface area contributed by atoms with Gasteiger partial charge >= 0.3 is 0 Å². The highest BCUT2D eigenvalue weighted by Crippen LogP contribution is 2.52. The van der Waals surface area contributed by atoms with Crippen LogP contribution in [0.2, 0.25) is 0 Å². The molecule has 2 aliphatic rings. The Labute approximate surface area is 219 Å². The van der Waals surface area contributed by atoms with Crippen molar-refractivity contribution in [3.05, 3.63) is 83.2 Å². The van der Waals surface area contributed by atoms with Gasteiger partial charge < -0.3 is 34.1 Å². The number of fused-ring (bicyclic) bond motifs is 3. The standard InChI is InChI=1S/C28H26N4O6/c1-34-20-8-5-15(11-22(20)36-3)26-24-25(31-28-29-14-30-32(26)28)18-13-17(33)7-10-19(18)38-27(24)16-6-9-21(35-2)23(12-16)37-4/h5-14,26-27,33H,1-4H3,(H,29,30,31)/t26-,27-/m1/s1. The van der Waals surface area contributed by atoms with Crippen LogP contribution >= 0.6 is 0 Å². The molecule has 0 unspecified atom stereocenters. The van der Waals surface area contributed by atoms with Crippen LogP contribution in [0.1, 0.15) is 28.8 Å². The zero-order valence-electron chi connectivity index (χ0n) is 21.3. The number of nitrogens with one attached hydrogen (secondary N) is 1. The van der Waals surface area contributed by atoms with Gasteiger partial charge in [0.1, 0.15) is 30.0 Å². The van der Waals surface area contributed by atoms with Crippen LogP contribution in [0.5, 0.6) is 34.5 Å². The Morgan fingerprint density at radius 2 is 1.47 bits per heavy atom. The van der Waals surface area contributed by atoms with Crippen molar-refractivity contribution >= 4 is 11.6 Å². The number of aromatic hydroxyl groups is 1. The Kier molecular flexibility index (Phi) is 5.71. The second-order valence-corrected chi connectivity index (χ2v) is 8.79.